The number of aryl methyl sites for hydroxylation is 3. The Morgan fingerprint density at radius 2 is 2.04 bits per heavy atom. The van der Waals surface area contributed by atoms with Gasteiger partial charge in [0.25, 0.3) is 0 Å². The molecule has 1 saturated heterocycles. The van der Waals surface area contributed by atoms with Crippen LogP contribution in [0.25, 0.3) is 0 Å². The van der Waals surface area contributed by atoms with Gasteiger partial charge in [-0.2, -0.15) is 9.40 Å². The van der Waals surface area contributed by atoms with Crippen molar-refractivity contribution in [1.29, 1.82) is 0 Å². The molecule has 0 unspecified atom stereocenters. The van der Waals surface area contributed by atoms with Crippen LogP contribution >= 0.6 is 0 Å². The van der Waals surface area contributed by atoms with Gasteiger partial charge in [0.15, 0.2) is 0 Å². The topological polar surface area (TPSA) is 55.2 Å². The van der Waals surface area contributed by atoms with Crippen molar-refractivity contribution >= 4 is 10.0 Å². The van der Waals surface area contributed by atoms with Crippen molar-refractivity contribution in [3.8, 4) is 0 Å². The third-order valence-corrected chi connectivity index (χ3v) is 6.51. The molecule has 1 atom stereocenters. The second-order valence-corrected chi connectivity index (χ2v) is 8.43. The first kappa shape index (κ1) is 16.2. The molecule has 1 fully saturated rings. The van der Waals surface area contributed by atoms with Crippen molar-refractivity contribution in [2.24, 2.45) is 13.0 Å². The normalized spacial score (nSPS) is 19.3. The molecule has 0 saturated carbocycles. The Bertz CT molecular complexity index is 811. The van der Waals surface area contributed by atoms with Crippen molar-refractivity contribution in [2.75, 3.05) is 13.1 Å². The van der Waals surface area contributed by atoms with Crippen LogP contribution in [0.1, 0.15) is 23.1 Å². The van der Waals surface area contributed by atoms with Crippen molar-refractivity contribution in [2.45, 2.75) is 31.6 Å². The lowest BCUT2D eigenvalue weighted by Gasteiger charge is -2.17. The molecule has 124 valence electrons. The summed E-state index contributed by atoms with van der Waals surface area (Å²) in [5, 5.41) is 4.18. The summed E-state index contributed by atoms with van der Waals surface area (Å²) in [7, 11) is -1.49. The van der Waals surface area contributed by atoms with E-state index in [1.165, 1.54) is 5.56 Å². The van der Waals surface area contributed by atoms with Gasteiger partial charge < -0.3 is 0 Å². The molecule has 0 aliphatic carbocycles. The van der Waals surface area contributed by atoms with E-state index < -0.39 is 10.0 Å². The first-order valence-corrected chi connectivity index (χ1v) is 9.35. The Balaban J connectivity index is 1.73. The maximum Gasteiger partial charge on any atom is 0.243 e. The number of hydrogen-bond donors (Lipinski definition) is 0. The van der Waals surface area contributed by atoms with Gasteiger partial charge in [-0.1, -0.05) is 6.07 Å². The summed E-state index contributed by atoms with van der Waals surface area (Å²) >= 11 is 0. The summed E-state index contributed by atoms with van der Waals surface area (Å²) in [5.74, 6) is 0.362. The highest BCUT2D eigenvalue weighted by Gasteiger charge is 2.32. The fourth-order valence-corrected chi connectivity index (χ4v) is 4.73. The number of sulfonamides is 1. The van der Waals surface area contributed by atoms with Crippen LogP contribution in [0.5, 0.6) is 0 Å². The van der Waals surface area contributed by atoms with Gasteiger partial charge in [-0.3, -0.25) is 4.68 Å². The molecule has 1 aliphatic heterocycles. The summed E-state index contributed by atoms with van der Waals surface area (Å²) in [4.78, 5) is 0.405. The van der Waals surface area contributed by atoms with Gasteiger partial charge >= 0.3 is 0 Å². The van der Waals surface area contributed by atoms with E-state index in [2.05, 4.69) is 5.10 Å². The maximum absolute atomic E-state index is 12.8. The summed E-state index contributed by atoms with van der Waals surface area (Å²) in [6.07, 6.45) is 5.65. The van der Waals surface area contributed by atoms with Gasteiger partial charge in [0.2, 0.25) is 10.0 Å². The van der Waals surface area contributed by atoms with Gasteiger partial charge in [0, 0.05) is 26.3 Å². The Labute approximate surface area is 138 Å². The van der Waals surface area contributed by atoms with Crippen molar-refractivity contribution in [3.05, 3.63) is 47.3 Å². The van der Waals surface area contributed by atoms with E-state index in [1.54, 1.807) is 21.1 Å². The minimum atomic E-state index is -3.39. The number of benzene rings is 1. The predicted molar refractivity (Wildman–Crippen MR) is 89.7 cm³/mol. The first-order valence-electron chi connectivity index (χ1n) is 7.91. The molecule has 0 radical (unpaired) electrons. The summed E-state index contributed by atoms with van der Waals surface area (Å²) in [6, 6.07) is 5.37. The molecule has 0 amide bonds. The van der Waals surface area contributed by atoms with E-state index in [9.17, 15) is 8.42 Å². The molecule has 2 aromatic rings. The average molecular weight is 333 g/mol. The third-order valence-electron chi connectivity index (χ3n) is 4.65. The quantitative estimate of drug-likeness (QED) is 0.862. The highest BCUT2D eigenvalue weighted by Crippen LogP contribution is 2.27. The van der Waals surface area contributed by atoms with Crippen LogP contribution in [0.15, 0.2) is 35.5 Å². The molecular weight excluding hydrogens is 310 g/mol. The highest BCUT2D eigenvalue weighted by molar-refractivity contribution is 7.89. The average Bonchev–Trinajstić information content (AvgIpc) is 3.12. The van der Waals surface area contributed by atoms with Gasteiger partial charge in [-0.15, -0.1) is 0 Å². The van der Waals surface area contributed by atoms with Crippen LogP contribution in [-0.2, 0) is 23.5 Å². The number of nitrogens with zero attached hydrogens (tertiary/aromatic N) is 3. The van der Waals surface area contributed by atoms with E-state index in [1.807, 2.05) is 39.4 Å². The fraction of sp³-hybridized carbons (Fsp3) is 0.471. The second kappa shape index (κ2) is 6.09. The van der Waals surface area contributed by atoms with Gasteiger partial charge in [-0.05, 0) is 61.4 Å². The third kappa shape index (κ3) is 3.33. The highest BCUT2D eigenvalue weighted by atomic mass is 32.2. The Kier molecular flexibility index (Phi) is 4.29. The second-order valence-electron chi connectivity index (χ2n) is 6.49. The van der Waals surface area contributed by atoms with Crippen molar-refractivity contribution in [3.63, 3.8) is 0 Å². The molecule has 23 heavy (non-hydrogen) atoms. The Morgan fingerprint density at radius 1 is 1.26 bits per heavy atom. The van der Waals surface area contributed by atoms with Gasteiger partial charge in [-0.25, -0.2) is 8.42 Å². The van der Waals surface area contributed by atoms with E-state index >= 15 is 0 Å². The first-order chi connectivity index (χ1) is 10.9. The molecule has 0 bridgehead atoms. The van der Waals surface area contributed by atoms with Crippen LogP contribution < -0.4 is 0 Å². The van der Waals surface area contributed by atoms with Crippen molar-refractivity contribution in [1.82, 2.24) is 14.1 Å². The van der Waals surface area contributed by atoms with E-state index in [0.29, 0.717) is 23.9 Å². The zero-order valence-corrected chi connectivity index (χ0v) is 14.7. The maximum atomic E-state index is 12.8. The van der Waals surface area contributed by atoms with Gasteiger partial charge in [0.1, 0.15) is 0 Å². The molecule has 1 aliphatic rings. The largest absolute Gasteiger partial charge is 0.276 e. The molecule has 6 heteroatoms. The number of aromatic nitrogens is 2. The number of hydrogen-bond acceptors (Lipinski definition) is 3. The summed E-state index contributed by atoms with van der Waals surface area (Å²) in [6.45, 7) is 5.12. The molecule has 2 heterocycles. The van der Waals surface area contributed by atoms with E-state index in [0.717, 1.165) is 24.0 Å². The Morgan fingerprint density at radius 3 is 2.70 bits per heavy atom. The van der Waals surface area contributed by atoms with Crippen LogP contribution in [-0.4, -0.2) is 35.6 Å². The Hall–Kier alpha value is -1.66. The monoisotopic (exact) mass is 333 g/mol. The van der Waals surface area contributed by atoms with E-state index in [-0.39, 0.29) is 0 Å². The fourth-order valence-electron chi connectivity index (χ4n) is 3.12. The molecule has 3 rings (SSSR count). The lowest BCUT2D eigenvalue weighted by molar-refractivity contribution is 0.456. The summed E-state index contributed by atoms with van der Waals surface area (Å²) < 4.78 is 29.0. The van der Waals surface area contributed by atoms with Crippen LogP contribution in [0, 0.1) is 19.8 Å². The smallest absolute Gasteiger partial charge is 0.243 e. The van der Waals surface area contributed by atoms with Crippen LogP contribution in [0.2, 0.25) is 0 Å². The lowest BCUT2D eigenvalue weighted by atomic mass is 10.0. The van der Waals surface area contributed by atoms with Crippen LogP contribution in [0.3, 0.4) is 0 Å². The lowest BCUT2D eigenvalue weighted by Crippen LogP contribution is -2.29. The molecule has 0 N–H and O–H groups in total. The molecule has 1 aromatic carbocycles. The zero-order valence-electron chi connectivity index (χ0n) is 13.9. The minimum Gasteiger partial charge on any atom is -0.276 e. The molecule has 1 aromatic heterocycles. The standard InChI is InChI=1S/C17H23N3O2S/c1-13-4-5-17(8-14(13)2)23(21,22)20-7-6-15(12-20)9-16-10-18-19(3)11-16/h4-5,8,10-11,15H,6-7,9,12H2,1-3H3/t15-/m0/s1. The summed E-state index contributed by atoms with van der Waals surface area (Å²) in [5.41, 5.74) is 3.29. The van der Waals surface area contributed by atoms with Crippen LogP contribution in [0.4, 0.5) is 0 Å². The minimum absolute atomic E-state index is 0.362. The number of rotatable bonds is 4. The van der Waals surface area contributed by atoms with Gasteiger partial charge in [0.05, 0.1) is 11.1 Å². The molecular formula is C17H23N3O2S. The predicted octanol–water partition coefficient (Wildman–Crippen LogP) is 2.29. The van der Waals surface area contributed by atoms with E-state index in [4.69, 9.17) is 0 Å². The zero-order chi connectivity index (χ0) is 16.6. The van der Waals surface area contributed by atoms with Crippen molar-refractivity contribution < 1.29 is 8.42 Å². The molecule has 0 spiro atoms. The molecule has 5 nitrogen and oxygen atoms in total. The SMILES string of the molecule is Cc1ccc(S(=O)(=O)N2CC[C@@H](Cc3cnn(C)c3)C2)cc1C.